The summed E-state index contributed by atoms with van der Waals surface area (Å²) in [5.74, 6) is 1.39. The molecule has 1 aromatic carbocycles. The highest BCUT2D eigenvalue weighted by atomic mass is 16.5. The number of aryl methyl sites for hydroxylation is 2. The van der Waals surface area contributed by atoms with Gasteiger partial charge in [-0.15, -0.1) is 0 Å². The number of aromatic nitrogens is 1. The van der Waals surface area contributed by atoms with Crippen LogP contribution in [-0.4, -0.2) is 12.1 Å². The van der Waals surface area contributed by atoms with Gasteiger partial charge in [-0.3, -0.25) is 0 Å². The number of benzene rings is 1. The van der Waals surface area contributed by atoms with Crippen LogP contribution in [-0.2, 0) is 0 Å². The summed E-state index contributed by atoms with van der Waals surface area (Å²) in [7, 11) is 1.68. The Kier molecular flexibility index (Phi) is 3.00. The Morgan fingerprint density at radius 1 is 1.18 bits per heavy atom. The molecule has 0 amide bonds. The molecule has 1 aromatic heterocycles. The smallest absolute Gasteiger partial charge is 0.127 e. The zero-order valence-corrected chi connectivity index (χ0v) is 10.3. The van der Waals surface area contributed by atoms with E-state index in [0.717, 1.165) is 16.9 Å². The van der Waals surface area contributed by atoms with E-state index in [1.165, 1.54) is 11.1 Å². The van der Waals surface area contributed by atoms with Crippen LogP contribution in [0.4, 0.5) is 5.82 Å². The molecule has 0 aliphatic heterocycles. The Labute approximate surface area is 101 Å². The zero-order chi connectivity index (χ0) is 12.4. The predicted octanol–water partition coefficient (Wildman–Crippen LogP) is 2.96. The third-order valence-corrected chi connectivity index (χ3v) is 2.74. The van der Waals surface area contributed by atoms with Gasteiger partial charge >= 0.3 is 0 Å². The number of rotatable bonds is 2. The van der Waals surface area contributed by atoms with Crippen molar-refractivity contribution in [2.75, 3.05) is 12.8 Å². The van der Waals surface area contributed by atoms with E-state index < -0.39 is 0 Å². The van der Waals surface area contributed by atoms with E-state index in [0.29, 0.717) is 5.82 Å². The van der Waals surface area contributed by atoms with Gasteiger partial charge in [-0.1, -0.05) is 6.07 Å². The van der Waals surface area contributed by atoms with E-state index in [1.807, 2.05) is 12.1 Å². The summed E-state index contributed by atoms with van der Waals surface area (Å²) in [6.07, 6.45) is 1.77. The van der Waals surface area contributed by atoms with E-state index in [9.17, 15) is 0 Å². The third-order valence-electron chi connectivity index (χ3n) is 2.74. The number of nitrogen functional groups attached to an aromatic ring is 1. The molecule has 2 aromatic rings. The molecule has 0 aliphatic rings. The zero-order valence-electron chi connectivity index (χ0n) is 10.3. The molecule has 0 unspecified atom stereocenters. The Morgan fingerprint density at radius 2 is 1.94 bits per heavy atom. The molecule has 88 valence electrons. The summed E-state index contributed by atoms with van der Waals surface area (Å²) in [5.41, 5.74) is 10.1. The number of anilines is 1. The van der Waals surface area contributed by atoms with E-state index >= 15 is 0 Å². The van der Waals surface area contributed by atoms with Crippen LogP contribution in [0, 0.1) is 13.8 Å². The van der Waals surface area contributed by atoms with Crippen molar-refractivity contribution in [3.8, 4) is 16.9 Å². The van der Waals surface area contributed by atoms with Crippen molar-refractivity contribution in [2.24, 2.45) is 0 Å². The maximum absolute atomic E-state index is 5.60. The van der Waals surface area contributed by atoms with E-state index in [2.05, 4.69) is 24.9 Å². The van der Waals surface area contributed by atoms with Gasteiger partial charge in [0, 0.05) is 17.3 Å². The molecule has 0 aliphatic carbocycles. The summed E-state index contributed by atoms with van der Waals surface area (Å²) < 4.78 is 5.43. The fourth-order valence-electron chi connectivity index (χ4n) is 2.01. The molecule has 0 spiro atoms. The minimum absolute atomic E-state index is 0.525. The highest BCUT2D eigenvalue weighted by Gasteiger charge is 2.10. The molecule has 0 saturated carbocycles. The Morgan fingerprint density at radius 3 is 2.53 bits per heavy atom. The normalized spacial score (nSPS) is 10.3. The van der Waals surface area contributed by atoms with Gasteiger partial charge < -0.3 is 10.5 Å². The van der Waals surface area contributed by atoms with E-state index in [1.54, 1.807) is 19.4 Å². The number of methoxy groups -OCH3 is 1. The minimum Gasteiger partial charge on any atom is -0.496 e. The number of nitrogens with two attached hydrogens (primary N) is 1. The first kappa shape index (κ1) is 11.5. The van der Waals surface area contributed by atoms with Gasteiger partial charge in [-0.2, -0.15) is 0 Å². The van der Waals surface area contributed by atoms with Crippen LogP contribution in [0.2, 0.25) is 0 Å². The van der Waals surface area contributed by atoms with Gasteiger partial charge in [0.25, 0.3) is 0 Å². The van der Waals surface area contributed by atoms with Crippen molar-refractivity contribution >= 4 is 5.82 Å². The Hall–Kier alpha value is -2.03. The van der Waals surface area contributed by atoms with Crippen LogP contribution in [0.25, 0.3) is 11.1 Å². The monoisotopic (exact) mass is 228 g/mol. The van der Waals surface area contributed by atoms with Gasteiger partial charge in [0.1, 0.15) is 11.6 Å². The maximum atomic E-state index is 5.60. The van der Waals surface area contributed by atoms with Crippen LogP contribution in [0.1, 0.15) is 11.1 Å². The average molecular weight is 228 g/mol. The lowest BCUT2D eigenvalue weighted by Gasteiger charge is -2.13. The molecule has 0 fully saturated rings. The lowest BCUT2D eigenvalue weighted by atomic mass is 9.99. The number of hydrogen-bond donors (Lipinski definition) is 1. The van der Waals surface area contributed by atoms with Crippen molar-refractivity contribution in [1.82, 2.24) is 4.98 Å². The lowest BCUT2D eigenvalue weighted by Crippen LogP contribution is -1.94. The third kappa shape index (κ3) is 2.23. The van der Waals surface area contributed by atoms with Gasteiger partial charge in [0.05, 0.1) is 7.11 Å². The Bertz CT molecular complexity index is 533. The minimum atomic E-state index is 0.525. The molecule has 0 radical (unpaired) electrons. The van der Waals surface area contributed by atoms with Crippen molar-refractivity contribution in [3.05, 3.63) is 41.6 Å². The molecular weight excluding hydrogens is 212 g/mol. The van der Waals surface area contributed by atoms with Crippen LogP contribution in [0.3, 0.4) is 0 Å². The predicted molar refractivity (Wildman–Crippen MR) is 70.1 cm³/mol. The van der Waals surface area contributed by atoms with Gasteiger partial charge in [0.15, 0.2) is 0 Å². The molecule has 2 N–H and O–H groups in total. The fraction of sp³-hybridized carbons (Fsp3) is 0.214. The van der Waals surface area contributed by atoms with Gasteiger partial charge in [-0.05, 0) is 43.2 Å². The molecule has 3 nitrogen and oxygen atoms in total. The summed E-state index contributed by atoms with van der Waals surface area (Å²) in [6, 6.07) is 7.92. The van der Waals surface area contributed by atoms with Gasteiger partial charge in [0.2, 0.25) is 0 Å². The van der Waals surface area contributed by atoms with Crippen molar-refractivity contribution in [1.29, 1.82) is 0 Å². The molecule has 2 rings (SSSR count). The van der Waals surface area contributed by atoms with Crippen molar-refractivity contribution in [3.63, 3.8) is 0 Å². The van der Waals surface area contributed by atoms with Crippen LogP contribution < -0.4 is 10.5 Å². The summed E-state index contributed by atoms with van der Waals surface area (Å²) in [4.78, 5) is 4.12. The summed E-state index contributed by atoms with van der Waals surface area (Å²) in [6.45, 7) is 4.13. The van der Waals surface area contributed by atoms with Gasteiger partial charge in [-0.25, -0.2) is 4.98 Å². The molecule has 0 saturated heterocycles. The van der Waals surface area contributed by atoms with Crippen molar-refractivity contribution in [2.45, 2.75) is 13.8 Å². The molecular formula is C14H16N2O. The molecule has 1 heterocycles. The standard InChI is InChI=1S/C14H16N2O/c1-9-6-10(2)14(12(7-9)17-3)11-4-5-13(15)16-8-11/h4-8H,1-3H3,(H2,15,16). The first-order chi connectivity index (χ1) is 8.11. The number of ether oxygens (including phenoxy) is 1. The second-order valence-electron chi connectivity index (χ2n) is 4.13. The largest absolute Gasteiger partial charge is 0.496 e. The maximum Gasteiger partial charge on any atom is 0.127 e. The number of hydrogen-bond acceptors (Lipinski definition) is 3. The topological polar surface area (TPSA) is 48.1 Å². The number of pyridine rings is 1. The van der Waals surface area contributed by atoms with Crippen LogP contribution in [0.5, 0.6) is 5.75 Å². The molecule has 0 bridgehead atoms. The quantitative estimate of drug-likeness (QED) is 0.859. The summed E-state index contributed by atoms with van der Waals surface area (Å²) in [5, 5.41) is 0. The second-order valence-corrected chi connectivity index (χ2v) is 4.13. The first-order valence-electron chi connectivity index (χ1n) is 5.49. The highest BCUT2D eigenvalue weighted by molar-refractivity contribution is 5.74. The first-order valence-corrected chi connectivity index (χ1v) is 5.49. The highest BCUT2D eigenvalue weighted by Crippen LogP contribution is 2.33. The average Bonchev–Trinajstić information content (AvgIpc) is 2.30. The van der Waals surface area contributed by atoms with Crippen LogP contribution >= 0.6 is 0 Å². The molecule has 0 atom stereocenters. The fourth-order valence-corrected chi connectivity index (χ4v) is 2.01. The summed E-state index contributed by atoms with van der Waals surface area (Å²) >= 11 is 0. The molecule has 3 heteroatoms. The Balaban J connectivity index is 2.61. The molecule has 17 heavy (non-hydrogen) atoms. The second kappa shape index (κ2) is 4.45. The SMILES string of the molecule is COc1cc(C)cc(C)c1-c1ccc(N)nc1. The number of nitrogens with zero attached hydrogens (tertiary/aromatic N) is 1. The lowest BCUT2D eigenvalue weighted by molar-refractivity contribution is 0.416. The van der Waals surface area contributed by atoms with E-state index in [4.69, 9.17) is 10.5 Å². The van der Waals surface area contributed by atoms with E-state index in [-0.39, 0.29) is 0 Å². The van der Waals surface area contributed by atoms with Crippen LogP contribution in [0.15, 0.2) is 30.5 Å². The van der Waals surface area contributed by atoms with Crippen molar-refractivity contribution < 1.29 is 4.74 Å².